The number of nitrogens with zero attached hydrogens (tertiary/aromatic N) is 3. The van der Waals surface area contributed by atoms with Gasteiger partial charge in [0, 0.05) is 32.7 Å². The fourth-order valence-corrected chi connectivity index (χ4v) is 3.40. The number of likely N-dealkylation sites (tertiary alicyclic amines) is 1. The Morgan fingerprint density at radius 2 is 1.84 bits per heavy atom. The number of hydrogen-bond acceptors (Lipinski definition) is 5. The molecule has 0 amide bonds. The van der Waals surface area contributed by atoms with Crippen molar-refractivity contribution in [1.29, 1.82) is 0 Å². The van der Waals surface area contributed by atoms with E-state index in [4.69, 9.17) is 4.74 Å². The average Bonchev–Trinajstić information content (AvgIpc) is 3.10. The molecule has 0 saturated carbocycles. The summed E-state index contributed by atoms with van der Waals surface area (Å²) >= 11 is 0. The fraction of sp³-hybridized carbons (Fsp3) is 0.944. The minimum absolute atomic E-state index is 0.395. The monoisotopic (exact) mass is 355 g/mol. The van der Waals surface area contributed by atoms with E-state index in [1.807, 2.05) is 6.92 Å². The maximum atomic E-state index is 10.6. The number of guanidine groups is 1. The second-order valence-electron chi connectivity index (χ2n) is 7.41. The molecule has 7 nitrogen and oxygen atoms in total. The summed E-state index contributed by atoms with van der Waals surface area (Å²) in [5.41, 5.74) is -0.824. The van der Waals surface area contributed by atoms with Gasteiger partial charge in [-0.1, -0.05) is 0 Å². The lowest BCUT2D eigenvalue weighted by Gasteiger charge is -2.33. The van der Waals surface area contributed by atoms with Crippen LogP contribution in [0, 0.1) is 0 Å². The number of morpholine rings is 1. The Morgan fingerprint density at radius 3 is 2.52 bits per heavy atom. The molecule has 0 aromatic carbocycles. The number of ether oxygens (including phenoxy) is 1. The molecule has 0 aliphatic carbocycles. The smallest absolute Gasteiger partial charge is 0.191 e. The zero-order valence-corrected chi connectivity index (χ0v) is 16.1. The zero-order valence-electron chi connectivity index (χ0n) is 16.1. The van der Waals surface area contributed by atoms with E-state index >= 15 is 0 Å². The van der Waals surface area contributed by atoms with Gasteiger partial charge < -0.3 is 25.4 Å². The lowest BCUT2D eigenvalue weighted by Crippen LogP contribution is -2.48. The predicted molar refractivity (Wildman–Crippen MR) is 102 cm³/mol. The van der Waals surface area contributed by atoms with Crippen LogP contribution >= 0.6 is 0 Å². The minimum Gasteiger partial charge on any atom is -0.387 e. The number of aliphatic imine (C=N–C) groups is 1. The SMILES string of the molecule is CCNC(=NCC(C)(O)CN1CCOCC1)NCCCN1CCCC1. The van der Waals surface area contributed by atoms with Crippen molar-refractivity contribution in [3.8, 4) is 0 Å². The van der Waals surface area contributed by atoms with Crippen LogP contribution in [0.25, 0.3) is 0 Å². The van der Waals surface area contributed by atoms with E-state index in [-0.39, 0.29) is 0 Å². The highest BCUT2D eigenvalue weighted by atomic mass is 16.5. The van der Waals surface area contributed by atoms with Gasteiger partial charge >= 0.3 is 0 Å². The highest BCUT2D eigenvalue weighted by Crippen LogP contribution is 2.09. The third kappa shape index (κ3) is 8.35. The first-order valence-corrected chi connectivity index (χ1v) is 9.86. The largest absolute Gasteiger partial charge is 0.387 e. The molecule has 146 valence electrons. The van der Waals surface area contributed by atoms with E-state index in [9.17, 15) is 5.11 Å². The third-order valence-corrected chi connectivity index (χ3v) is 4.73. The van der Waals surface area contributed by atoms with Crippen LogP contribution in [-0.2, 0) is 4.74 Å². The van der Waals surface area contributed by atoms with Crippen LogP contribution in [0.4, 0.5) is 0 Å². The summed E-state index contributed by atoms with van der Waals surface area (Å²) in [6.07, 6.45) is 3.81. The predicted octanol–water partition coefficient (Wildman–Crippen LogP) is 0.111. The van der Waals surface area contributed by atoms with Crippen LogP contribution in [0.5, 0.6) is 0 Å². The number of hydrogen-bond donors (Lipinski definition) is 3. The van der Waals surface area contributed by atoms with Crippen molar-refractivity contribution in [3.63, 3.8) is 0 Å². The minimum atomic E-state index is -0.824. The molecule has 2 saturated heterocycles. The van der Waals surface area contributed by atoms with Crippen molar-refractivity contribution < 1.29 is 9.84 Å². The summed E-state index contributed by atoms with van der Waals surface area (Å²) in [5, 5.41) is 17.3. The topological polar surface area (TPSA) is 72.4 Å². The second-order valence-corrected chi connectivity index (χ2v) is 7.41. The van der Waals surface area contributed by atoms with Gasteiger partial charge in [0.2, 0.25) is 0 Å². The molecule has 1 atom stereocenters. The van der Waals surface area contributed by atoms with E-state index in [1.54, 1.807) is 0 Å². The molecule has 0 spiro atoms. The highest BCUT2D eigenvalue weighted by molar-refractivity contribution is 5.79. The summed E-state index contributed by atoms with van der Waals surface area (Å²) in [6.45, 7) is 13.6. The van der Waals surface area contributed by atoms with Crippen molar-refractivity contribution in [2.75, 3.05) is 72.1 Å². The maximum Gasteiger partial charge on any atom is 0.191 e. The zero-order chi connectivity index (χ0) is 18.0. The van der Waals surface area contributed by atoms with Crippen molar-refractivity contribution in [3.05, 3.63) is 0 Å². The van der Waals surface area contributed by atoms with Gasteiger partial charge in [-0.05, 0) is 52.7 Å². The molecule has 2 fully saturated rings. The summed E-state index contributed by atoms with van der Waals surface area (Å²) < 4.78 is 5.36. The van der Waals surface area contributed by atoms with Gasteiger partial charge in [0.15, 0.2) is 5.96 Å². The Hall–Kier alpha value is -0.890. The third-order valence-electron chi connectivity index (χ3n) is 4.73. The molecular weight excluding hydrogens is 318 g/mol. The van der Waals surface area contributed by atoms with E-state index < -0.39 is 5.60 Å². The van der Waals surface area contributed by atoms with Crippen LogP contribution in [0.1, 0.15) is 33.1 Å². The van der Waals surface area contributed by atoms with Gasteiger partial charge in [-0.3, -0.25) is 9.89 Å². The molecule has 0 aromatic heterocycles. The maximum absolute atomic E-state index is 10.6. The molecule has 0 aromatic rings. The van der Waals surface area contributed by atoms with E-state index in [0.717, 1.165) is 58.3 Å². The number of β-amino-alcohol motifs (C(OH)–C–C–N with tert-alkyl or cyclic N) is 1. The van der Waals surface area contributed by atoms with Gasteiger partial charge in [-0.2, -0.15) is 0 Å². The van der Waals surface area contributed by atoms with E-state index in [1.165, 1.54) is 25.9 Å². The Balaban J connectivity index is 1.70. The summed E-state index contributed by atoms with van der Waals surface area (Å²) in [5.74, 6) is 0.797. The molecule has 2 aliphatic heterocycles. The second kappa shape index (κ2) is 11.0. The van der Waals surface area contributed by atoms with Crippen LogP contribution in [0.2, 0.25) is 0 Å². The number of aliphatic hydroxyl groups is 1. The van der Waals surface area contributed by atoms with E-state index in [2.05, 4.69) is 32.3 Å². The van der Waals surface area contributed by atoms with Crippen molar-refractivity contribution >= 4 is 5.96 Å². The Kier molecular flexibility index (Phi) is 8.95. The molecule has 25 heavy (non-hydrogen) atoms. The summed E-state index contributed by atoms with van der Waals surface area (Å²) in [6, 6.07) is 0. The van der Waals surface area contributed by atoms with Crippen LogP contribution in [0.15, 0.2) is 4.99 Å². The molecule has 3 N–H and O–H groups in total. The van der Waals surface area contributed by atoms with E-state index in [0.29, 0.717) is 13.1 Å². The van der Waals surface area contributed by atoms with Gasteiger partial charge in [0.25, 0.3) is 0 Å². The van der Waals surface area contributed by atoms with Crippen molar-refractivity contribution in [2.45, 2.75) is 38.7 Å². The Morgan fingerprint density at radius 1 is 1.12 bits per heavy atom. The summed E-state index contributed by atoms with van der Waals surface area (Å²) in [7, 11) is 0. The lowest BCUT2D eigenvalue weighted by molar-refractivity contribution is -0.0179. The summed E-state index contributed by atoms with van der Waals surface area (Å²) in [4.78, 5) is 9.36. The fourth-order valence-electron chi connectivity index (χ4n) is 3.40. The molecule has 2 aliphatic rings. The van der Waals surface area contributed by atoms with Gasteiger partial charge in [0.05, 0.1) is 25.4 Å². The van der Waals surface area contributed by atoms with Crippen molar-refractivity contribution in [1.82, 2.24) is 20.4 Å². The molecule has 1 unspecified atom stereocenters. The average molecular weight is 356 g/mol. The quantitative estimate of drug-likeness (QED) is 0.310. The molecule has 2 heterocycles. The van der Waals surface area contributed by atoms with Gasteiger partial charge in [0.1, 0.15) is 0 Å². The Labute approximate surface area is 152 Å². The molecule has 2 rings (SSSR count). The molecule has 7 heteroatoms. The number of nitrogens with one attached hydrogen (secondary N) is 2. The first-order chi connectivity index (χ1) is 12.1. The van der Waals surface area contributed by atoms with Crippen molar-refractivity contribution in [2.24, 2.45) is 4.99 Å². The first kappa shape index (κ1) is 20.4. The Bertz CT molecular complexity index is 391. The molecule has 0 bridgehead atoms. The lowest BCUT2D eigenvalue weighted by atomic mass is 10.1. The van der Waals surface area contributed by atoms with Crippen LogP contribution in [0.3, 0.4) is 0 Å². The van der Waals surface area contributed by atoms with Gasteiger partial charge in [-0.25, -0.2) is 0 Å². The molecular formula is C18H37N5O2. The molecule has 0 radical (unpaired) electrons. The normalized spacial score (nSPS) is 22.8. The van der Waals surface area contributed by atoms with Crippen LogP contribution < -0.4 is 10.6 Å². The van der Waals surface area contributed by atoms with Gasteiger partial charge in [-0.15, -0.1) is 0 Å². The first-order valence-electron chi connectivity index (χ1n) is 9.86. The standard InChI is InChI=1S/C18H37N5O2/c1-3-19-17(20-7-6-10-22-8-4-5-9-22)21-15-18(2,24)16-23-11-13-25-14-12-23/h24H,3-16H2,1-2H3,(H2,19,20,21). The highest BCUT2D eigenvalue weighted by Gasteiger charge is 2.25. The van der Waals surface area contributed by atoms with Crippen LogP contribution in [-0.4, -0.2) is 98.6 Å². The number of rotatable bonds is 9.